The number of carboxylic acid groups (broad SMARTS) is 1. The number of aliphatic carboxylic acids is 1. The molecule has 2 aromatic rings. The first kappa shape index (κ1) is 30.6. The second-order valence-corrected chi connectivity index (χ2v) is 8.85. The third-order valence-corrected chi connectivity index (χ3v) is 5.64. The first-order chi connectivity index (χ1) is 18.5. The van der Waals surface area contributed by atoms with Crippen molar-refractivity contribution in [1.82, 2.24) is 16.0 Å². The van der Waals surface area contributed by atoms with Gasteiger partial charge in [-0.15, -0.1) is 0 Å². The van der Waals surface area contributed by atoms with Gasteiger partial charge < -0.3 is 43.4 Å². The predicted molar refractivity (Wildman–Crippen MR) is 144 cm³/mol. The Morgan fingerprint density at radius 1 is 0.821 bits per heavy atom. The Kier molecular flexibility index (Phi) is 12.2. The van der Waals surface area contributed by atoms with Crippen LogP contribution in [0.4, 0.5) is 0 Å². The molecule has 0 bridgehead atoms. The maximum Gasteiger partial charge on any atom is 0.322 e. The van der Waals surface area contributed by atoms with E-state index in [1.165, 1.54) is 12.1 Å². The van der Waals surface area contributed by atoms with Crippen molar-refractivity contribution >= 4 is 29.7 Å². The maximum absolute atomic E-state index is 13.3. The maximum atomic E-state index is 13.3. The van der Waals surface area contributed by atoms with Crippen LogP contribution in [0, 0.1) is 0 Å². The van der Waals surface area contributed by atoms with Crippen LogP contribution in [0.5, 0.6) is 5.75 Å². The van der Waals surface area contributed by atoms with Crippen LogP contribution in [-0.4, -0.2) is 71.1 Å². The van der Waals surface area contributed by atoms with E-state index < -0.39 is 48.4 Å². The predicted octanol–water partition coefficient (Wildman–Crippen LogP) is -1.27. The average molecular weight is 542 g/mol. The fourth-order valence-electron chi connectivity index (χ4n) is 3.65. The summed E-state index contributed by atoms with van der Waals surface area (Å²) in [6, 6.07) is 12.0. The summed E-state index contributed by atoms with van der Waals surface area (Å²) in [5.74, 6) is -3.32. The number of carbonyl (C=O) groups excluding carboxylic acids is 3. The zero-order valence-electron chi connectivity index (χ0n) is 21.4. The van der Waals surface area contributed by atoms with E-state index in [9.17, 15) is 24.3 Å². The largest absolute Gasteiger partial charge is 0.508 e. The molecular formula is C26H35N7O6. The molecule has 3 atom stereocenters. The van der Waals surface area contributed by atoms with Gasteiger partial charge in [0.05, 0.1) is 6.04 Å². The van der Waals surface area contributed by atoms with E-state index in [4.69, 9.17) is 22.3 Å². The lowest BCUT2D eigenvalue weighted by Gasteiger charge is -2.24. The van der Waals surface area contributed by atoms with Crippen molar-refractivity contribution < 1.29 is 29.4 Å². The molecule has 3 amide bonds. The van der Waals surface area contributed by atoms with Gasteiger partial charge in [0.15, 0.2) is 5.96 Å². The lowest BCUT2D eigenvalue weighted by Crippen LogP contribution is -2.57. The summed E-state index contributed by atoms with van der Waals surface area (Å²) in [5, 5.41) is 26.0. The summed E-state index contributed by atoms with van der Waals surface area (Å²) in [6.07, 6.45) is 0.681. The number of aromatic hydroxyl groups is 1. The Balaban J connectivity index is 2.19. The number of hydrogen-bond donors (Lipinski definition) is 8. The highest BCUT2D eigenvalue weighted by atomic mass is 16.4. The monoisotopic (exact) mass is 541 g/mol. The Labute approximate surface area is 225 Å². The number of nitrogens with two attached hydrogens (primary N) is 3. The highest BCUT2D eigenvalue weighted by molar-refractivity contribution is 5.93. The molecule has 0 aliphatic heterocycles. The topological polar surface area (TPSA) is 235 Å². The number of nitrogens with one attached hydrogen (secondary N) is 3. The second-order valence-electron chi connectivity index (χ2n) is 8.85. The van der Waals surface area contributed by atoms with Gasteiger partial charge >= 0.3 is 5.97 Å². The number of benzene rings is 2. The fourth-order valence-corrected chi connectivity index (χ4v) is 3.65. The molecule has 0 aliphatic rings. The van der Waals surface area contributed by atoms with Crippen molar-refractivity contribution in [2.24, 2.45) is 22.2 Å². The third kappa shape index (κ3) is 11.5. The molecule has 2 aromatic carbocycles. The summed E-state index contributed by atoms with van der Waals surface area (Å²) in [7, 11) is 0. The lowest BCUT2D eigenvalue weighted by atomic mass is 10.0. The number of phenols is 1. The van der Waals surface area contributed by atoms with Crippen LogP contribution in [0.1, 0.15) is 24.0 Å². The highest BCUT2D eigenvalue weighted by Crippen LogP contribution is 2.12. The standard InChI is InChI=1S/C26H35N7O6/c27-19(13-16-5-2-1-3-6-16)23(37)33-21(14-17-8-10-18(34)11-9-17)25(39)32-20(7-4-12-30-26(28)29)24(38)31-15-22(35)36/h1-3,5-6,8-11,19-21,34H,4,7,12-15,27H2,(H,31,38)(H,32,39)(H,33,37)(H,35,36)(H4,28,29,30)/t19-,20-,21+/m1/s1. The van der Waals surface area contributed by atoms with E-state index in [0.717, 1.165) is 5.56 Å². The number of rotatable bonds is 15. The lowest BCUT2D eigenvalue weighted by molar-refractivity contribution is -0.138. The van der Waals surface area contributed by atoms with Crippen molar-refractivity contribution in [3.05, 3.63) is 65.7 Å². The van der Waals surface area contributed by atoms with Crippen molar-refractivity contribution in [2.45, 2.75) is 43.8 Å². The molecule has 0 fully saturated rings. The zero-order chi connectivity index (χ0) is 28.8. The molecule has 13 nitrogen and oxygen atoms in total. The van der Waals surface area contributed by atoms with Gasteiger partial charge in [-0.3, -0.25) is 24.2 Å². The average Bonchev–Trinajstić information content (AvgIpc) is 2.90. The van der Waals surface area contributed by atoms with E-state index in [1.807, 2.05) is 30.3 Å². The van der Waals surface area contributed by atoms with Crippen molar-refractivity contribution in [3.63, 3.8) is 0 Å². The molecule has 2 rings (SSSR count). The van der Waals surface area contributed by atoms with Gasteiger partial charge in [0, 0.05) is 13.0 Å². The SMILES string of the molecule is NC(N)=NCCC[C@@H](NC(=O)[C@H](Cc1ccc(O)cc1)NC(=O)[C@H](N)Cc1ccccc1)C(=O)NCC(=O)O. The van der Waals surface area contributed by atoms with E-state index in [1.54, 1.807) is 12.1 Å². The Hall–Kier alpha value is -4.65. The summed E-state index contributed by atoms with van der Waals surface area (Å²) in [6.45, 7) is -0.454. The van der Waals surface area contributed by atoms with Crippen molar-refractivity contribution in [3.8, 4) is 5.75 Å². The Bertz CT molecular complexity index is 1140. The zero-order valence-corrected chi connectivity index (χ0v) is 21.4. The number of carbonyl (C=O) groups is 4. The minimum atomic E-state index is -1.25. The number of nitrogens with zero attached hydrogens (tertiary/aromatic N) is 1. The van der Waals surface area contributed by atoms with Gasteiger partial charge in [0.25, 0.3) is 0 Å². The molecule has 0 saturated carbocycles. The molecule has 0 spiro atoms. The molecule has 0 saturated heterocycles. The third-order valence-electron chi connectivity index (χ3n) is 5.64. The summed E-state index contributed by atoms with van der Waals surface area (Å²) in [4.78, 5) is 53.7. The van der Waals surface area contributed by atoms with Crippen molar-refractivity contribution in [2.75, 3.05) is 13.1 Å². The molecule has 11 N–H and O–H groups in total. The Morgan fingerprint density at radius 2 is 1.44 bits per heavy atom. The number of amides is 3. The van der Waals surface area contributed by atoms with Crippen LogP contribution < -0.4 is 33.2 Å². The first-order valence-corrected chi connectivity index (χ1v) is 12.3. The molecule has 39 heavy (non-hydrogen) atoms. The Morgan fingerprint density at radius 3 is 2.05 bits per heavy atom. The van der Waals surface area contributed by atoms with E-state index in [0.29, 0.717) is 12.0 Å². The summed E-state index contributed by atoms with van der Waals surface area (Å²) in [5.41, 5.74) is 18.2. The normalized spacial score (nSPS) is 12.8. The van der Waals surface area contributed by atoms with Gasteiger partial charge in [0.1, 0.15) is 24.4 Å². The molecule has 13 heteroatoms. The first-order valence-electron chi connectivity index (χ1n) is 12.3. The van der Waals surface area contributed by atoms with E-state index >= 15 is 0 Å². The van der Waals surface area contributed by atoms with Gasteiger partial charge in [-0.2, -0.15) is 0 Å². The van der Waals surface area contributed by atoms with Gasteiger partial charge in [-0.1, -0.05) is 42.5 Å². The van der Waals surface area contributed by atoms with E-state index in [-0.39, 0.29) is 37.5 Å². The number of aliphatic imine (C=N–C) groups is 1. The van der Waals surface area contributed by atoms with Gasteiger partial charge in [-0.05, 0) is 42.5 Å². The fraction of sp³-hybridized carbons (Fsp3) is 0.346. The second kappa shape index (κ2) is 15.6. The molecule has 0 heterocycles. The molecule has 0 unspecified atom stereocenters. The van der Waals surface area contributed by atoms with Crippen molar-refractivity contribution in [1.29, 1.82) is 0 Å². The quantitative estimate of drug-likeness (QED) is 0.0761. The van der Waals surface area contributed by atoms with Crippen LogP contribution in [0.2, 0.25) is 0 Å². The number of phenolic OH excluding ortho intramolecular Hbond substituents is 1. The number of guanidine groups is 1. The number of hydrogen-bond acceptors (Lipinski definition) is 7. The minimum absolute atomic E-state index is 0.0320. The molecule has 0 aromatic heterocycles. The van der Waals surface area contributed by atoms with Crippen LogP contribution in [0.25, 0.3) is 0 Å². The summed E-state index contributed by atoms with van der Waals surface area (Å²) >= 11 is 0. The molecule has 0 radical (unpaired) electrons. The highest BCUT2D eigenvalue weighted by Gasteiger charge is 2.28. The minimum Gasteiger partial charge on any atom is -0.508 e. The van der Waals surface area contributed by atoms with Gasteiger partial charge in [0.2, 0.25) is 17.7 Å². The molecule has 0 aliphatic carbocycles. The van der Waals surface area contributed by atoms with Crippen LogP contribution in [0.3, 0.4) is 0 Å². The van der Waals surface area contributed by atoms with Gasteiger partial charge in [-0.25, -0.2) is 0 Å². The molecular weight excluding hydrogens is 506 g/mol. The smallest absolute Gasteiger partial charge is 0.322 e. The van der Waals surface area contributed by atoms with E-state index in [2.05, 4.69) is 20.9 Å². The molecule has 210 valence electrons. The van der Waals surface area contributed by atoms with Crippen LogP contribution in [0.15, 0.2) is 59.6 Å². The van der Waals surface area contributed by atoms with Crippen LogP contribution in [-0.2, 0) is 32.0 Å². The number of carboxylic acids is 1. The summed E-state index contributed by atoms with van der Waals surface area (Å²) < 4.78 is 0. The van der Waals surface area contributed by atoms with Crippen LogP contribution >= 0.6 is 0 Å².